The molecule has 1 N–H and O–H groups in total. The quantitative estimate of drug-likeness (QED) is 0.931. The highest BCUT2D eigenvalue weighted by atomic mass is 32.2. The van der Waals surface area contributed by atoms with E-state index in [1.165, 1.54) is 35.6 Å². The predicted octanol–water partition coefficient (Wildman–Crippen LogP) is 1.80. The molecule has 2 rings (SSSR count). The molecule has 0 spiro atoms. The zero-order chi connectivity index (χ0) is 13.9. The maximum Gasteiger partial charge on any atom is 0.240 e. The van der Waals surface area contributed by atoms with Crippen LogP contribution in [0, 0.1) is 18.3 Å². The zero-order valence-corrected chi connectivity index (χ0v) is 11.8. The van der Waals surface area contributed by atoms with Crippen LogP contribution in [-0.4, -0.2) is 13.4 Å². The Morgan fingerprint density at radius 1 is 1.37 bits per heavy atom. The molecule has 2 aromatic rings. The molecule has 1 heterocycles. The number of benzene rings is 1. The molecule has 1 aromatic heterocycles. The van der Waals surface area contributed by atoms with Crippen molar-refractivity contribution in [1.82, 2.24) is 9.71 Å². The largest absolute Gasteiger partial charge is 0.245 e. The van der Waals surface area contributed by atoms with Crippen molar-refractivity contribution in [2.75, 3.05) is 0 Å². The first kappa shape index (κ1) is 13.7. The lowest BCUT2D eigenvalue weighted by molar-refractivity contribution is 0.581. The topological polar surface area (TPSA) is 82.9 Å². The molecule has 0 amide bonds. The lowest BCUT2D eigenvalue weighted by atomic mass is 10.2. The number of nitrogens with zero attached hydrogens (tertiary/aromatic N) is 2. The van der Waals surface area contributed by atoms with E-state index in [1.807, 2.05) is 18.4 Å². The summed E-state index contributed by atoms with van der Waals surface area (Å²) in [4.78, 5) is 4.32. The lowest BCUT2D eigenvalue weighted by Gasteiger charge is -2.04. The first-order valence-corrected chi connectivity index (χ1v) is 7.78. The van der Waals surface area contributed by atoms with Gasteiger partial charge in [0, 0.05) is 11.1 Å². The van der Waals surface area contributed by atoms with Crippen LogP contribution in [0.3, 0.4) is 0 Å². The van der Waals surface area contributed by atoms with Crippen LogP contribution in [0.25, 0.3) is 0 Å². The highest BCUT2D eigenvalue weighted by molar-refractivity contribution is 7.89. The van der Waals surface area contributed by atoms with E-state index in [1.54, 1.807) is 0 Å². The molecule has 5 nitrogen and oxygen atoms in total. The van der Waals surface area contributed by atoms with Crippen LogP contribution in [0.1, 0.15) is 16.3 Å². The molecule has 0 fully saturated rings. The van der Waals surface area contributed by atoms with Crippen LogP contribution in [0.15, 0.2) is 34.5 Å². The normalized spacial score (nSPS) is 11.2. The van der Waals surface area contributed by atoms with Gasteiger partial charge in [-0.3, -0.25) is 0 Å². The minimum Gasteiger partial charge on any atom is -0.245 e. The summed E-state index contributed by atoms with van der Waals surface area (Å²) in [5, 5.41) is 11.2. The van der Waals surface area contributed by atoms with E-state index in [2.05, 4.69) is 9.71 Å². The van der Waals surface area contributed by atoms with Crippen molar-refractivity contribution in [2.24, 2.45) is 0 Å². The molecule has 1 aromatic carbocycles. The van der Waals surface area contributed by atoms with Crippen molar-refractivity contribution >= 4 is 21.4 Å². The summed E-state index contributed by atoms with van der Waals surface area (Å²) < 4.78 is 26.5. The molecule has 19 heavy (non-hydrogen) atoms. The molecule has 0 atom stereocenters. The lowest BCUT2D eigenvalue weighted by Crippen LogP contribution is -2.23. The summed E-state index contributed by atoms with van der Waals surface area (Å²) >= 11 is 1.41. The van der Waals surface area contributed by atoms with Crippen LogP contribution < -0.4 is 4.72 Å². The molecule has 0 bridgehead atoms. The third-order valence-electron chi connectivity index (χ3n) is 2.37. The van der Waals surface area contributed by atoms with Crippen LogP contribution in [0.2, 0.25) is 0 Å². The number of sulfonamides is 1. The maximum atomic E-state index is 12.0. The van der Waals surface area contributed by atoms with Crippen molar-refractivity contribution in [3.63, 3.8) is 0 Å². The highest BCUT2D eigenvalue weighted by Gasteiger charge is 2.14. The third kappa shape index (κ3) is 3.38. The van der Waals surface area contributed by atoms with E-state index in [0.717, 1.165) is 10.7 Å². The van der Waals surface area contributed by atoms with Crippen molar-refractivity contribution < 1.29 is 8.42 Å². The molecule has 0 unspecified atom stereocenters. The van der Waals surface area contributed by atoms with Crippen LogP contribution >= 0.6 is 11.3 Å². The van der Waals surface area contributed by atoms with E-state index in [9.17, 15) is 8.42 Å². The Morgan fingerprint density at radius 2 is 2.05 bits per heavy atom. The van der Waals surface area contributed by atoms with Gasteiger partial charge < -0.3 is 0 Å². The summed E-state index contributed by atoms with van der Waals surface area (Å²) in [6.45, 7) is 2.02. The molecule has 0 aliphatic carbocycles. The second-order valence-electron chi connectivity index (χ2n) is 3.84. The van der Waals surface area contributed by atoms with Crippen LogP contribution in [-0.2, 0) is 16.6 Å². The first-order chi connectivity index (χ1) is 9.01. The Bertz CT molecular complexity index is 712. The minimum absolute atomic E-state index is 0.139. The summed E-state index contributed by atoms with van der Waals surface area (Å²) in [5.74, 6) is 0. The van der Waals surface area contributed by atoms with Crippen LogP contribution in [0.4, 0.5) is 0 Å². The standard InChI is InChI=1S/C12H11N3O2S2/c1-9-8-18-12(15-9)7-14-19(16,17)11-4-2-10(6-13)3-5-11/h2-5,8,14H,7H2,1H3. The number of nitriles is 1. The monoisotopic (exact) mass is 293 g/mol. The summed E-state index contributed by atoms with van der Waals surface area (Å²) in [7, 11) is -3.57. The number of thiazole rings is 1. The van der Waals surface area contributed by atoms with Crippen molar-refractivity contribution in [1.29, 1.82) is 5.26 Å². The van der Waals surface area contributed by atoms with Gasteiger partial charge in [-0.05, 0) is 31.2 Å². The van der Waals surface area contributed by atoms with Gasteiger partial charge in [-0.15, -0.1) is 11.3 Å². The fraction of sp³-hybridized carbons (Fsp3) is 0.167. The molecule has 0 saturated heterocycles. The summed E-state index contributed by atoms with van der Waals surface area (Å²) in [5.41, 5.74) is 1.30. The number of hydrogen-bond acceptors (Lipinski definition) is 5. The van der Waals surface area contributed by atoms with E-state index in [0.29, 0.717) is 5.56 Å². The average Bonchev–Trinajstić information content (AvgIpc) is 2.82. The first-order valence-electron chi connectivity index (χ1n) is 5.42. The molecule has 0 radical (unpaired) electrons. The molecular formula is C12H11N3O2S2. The van der Waals surface area contributed by atoms with Crippen molar-refractivity contribution in [3.8, 4) is 6.07 Å². The van der Waals surface area contributed by atoms with Gasteiger partial charge in [0.15, 0.2) is 0 Å². The molecule has 7 heteroatoms. The number of rotatable bonds is 4. The van der Waals surface area contributed by atoms with E-state index >= 15 is 0 Å². The number of nitrogens with one attached hydrogen (secondary N) is 1. The average molecular weight is 293 g/mol. The minimum atomic E-state index is -3.57. The second-order valence-corrected chi connectivity index (χ2v) is 6.55. The van der Waals surface area contributed by atoms with Gasteiger partial charge >= 0.3 is 0 Å². The Morgan fingerprint density at radius 3 is 2.58 bits per heavy atom. The predicted molar refractivity (Wildman–Crippen MR) is 72.0 cm³/mol. The maximum absolute atomic E-state index is 12.0. The van der Waals surface area contributed by atoms with Gasteiger partial charge in [0.2, 0.25) is 10.0 Å². The Kier molecular flexibility index (Phi) is 3.95. The molecule has 98 valence electrons. The van der Waals surface area contributed by atoms with Gasteiger partial charge in [-0.2, -0.15) is 5.26 Å². The van der Waals surface area contributed by atoms with Gasteiger partial charge in [0.1, 0.15) is 5.01 Å². The number of aromatic nitrogens is 1. The van der Waals surface area contributed by atoms with Gasteiger partial charge in [-0.1, -0.05) is 0 Å². The molecule has 0 saturated carbocycles. The highest BCUT2D eigenvalue weighted by Crippen LogP contribution is 2.12. The number of hydrogen-bond donors (Lipinski definition) is 1. The van der Waals surface area contributed by atoms with Gasteiger partial charge in [0.25, 0.3) is 0 Å². The summed E-state index contributed by atoms with van der Waals surface area (Å²) in [6.07, 6.45) is 0. The SMILES string of the molecule is Cc1csc(CNS(=O)(=O)c2ccc(C#N)cc2)n1. The molecule has 0 aliphatic heterocycles. The zero-order valence-electron chi connectivity index (χ0n) is 10.1. The van der Waals surface area contributed by atoms with Gasteiger partial charge in [0.05, 0.1) is 23.1 Å². The fourth-order valence-electron chi connectivity index (χ4n) is 1.43. The van der Waals surface area contributed by atoms with E-state index in [-0.39, 0.29) is 11.4 Å². The third-order valence-corrected chi connectivity index (χ3v) is 4.76. The Labute approximate surface area is 115 Å². The molecular weight excluding hydrogens is 282 g/mol. The summed E-state index contributed by atoms with van der Waals surface area (Å²) in [6, 6.07) is 7.71. The Hall–Kier alpha value is -1.75. The van der Waals surface area contributed by atoms with Gasteiger partial charge in [-0.25, -0.2) is 18.1 Å². The Balaban J connectivity index is 2.11. The van der Waals surface area contributed by atoms with Crippen molar-refractivity contribution in [2.45, 2.75) is 18.4 Å². The fourth-order valence-corrected chi connectivity index (χ4v) is 3.22. The van der Waals surface area contributed by atoms with Crippen molar-refractivity contribution in [3.05, 3.63) is 45.9 Å². The van der Waals surface area contributed by atoms with Crippen LogP contribution in [0.5, 0.6) is 0 Å². The smallest absolute Gasteiger partial charge is 0.240 e. The molecule has 0 aliphatic rings. The van der Waals surface area contributed by atoms with E-state index < -0.39 is 10.0 Å². The number of aryl methyl sites for hydroxylation is 1. The van der Waals surface area contributed by atoms with E-state index in [4.69, 9.17) is 5.26 Å². The second kappa shape index (κ2) is 5.48.